The molecule has 3 N–H and O–H groups in total. The molecule has 0 saturated heterocycles. The van der Waals surface area contributed by atoms with Crippen LogP contribution in [0.15, 0.2) is 24.8 Å². The first kappa shape index (κ1) is 14.1. The summed E-state index contributed by atoms with van der Waals surface area (Å²) in [7, 11) is 0. The fourth-order valence-corrected chi connectivity index (χ4v) is 1.72. The van der Waals surface area contributed by atoms with E-state index in [9.17, 15) is 4.79 Å². The van der Waals surface area contributed by atoms with Gasteiger partial charge in [0.2, 0.25) is 5.91 Å². The summed E-state index contributed by atoms with van der Waals surface area (Å²) in [4.78, 5) is 10.8. The molecule has 2 rings (SSSR count). The molecule has 0 aliphatic rings. The van der Waals surface area contributed by atoms with E-state index in [0.29, 0.717) is 6.54 Å². The van der Waals surface area contributed by atoms with Gasteiger partial charge in [0.25, 0.3) is 0 Å². The minimum Gasteiger partial charge on any atom is -0.378 e. The van der Waals surface area contributed by atoms with Crippen molar-refractivity contribution in [3.05, 3.63) is 30.4 Å². The van der Waals surface area contributed by atoms with E-state index in [4.69, 9.17) is 5.73 Å². The molecule has 0 unspecified atom stereocenters. The van der Waals surface area contributed by atoms with E-state index >= 15 is 0 Å². The SMILES string of the molecule is CC(C)(C)n1cc(CNc2cnn(CC(N)=O)c2)cn1. The first-order valence-corrected chi connectivity index (χ1v) is 6.43. The third kappa shape index (κ3) is 3.59. The third-order valence-corrected chi connectivity index (χ3v) is 2.77. The number of carbonyl (C=O) groups excluding carboxylic acids is 1. The van der Waals surface area contributed by atoms with Crippen molar-refractivity contribution in [2.45, 2.75) is 39.4 Å². The van der Waals surface area contributed by atoms with Crippen LogP contribution in [0.4, 0.5) is 5.69 Å². The smallest absolute Gasteiger partial charge is 0.239 e. The van der Waals surface area contributed by atoms with Crippen molar-refractivity contribution >= 4 is 11.6 Å². The average molecular weight is 276 g/mol. The number of aromatic nitrogens is 4. The second-order valence-electron chi connectivity index (χ2n) is 5.71. The molecule has 7 heteroatoms. The molecule has 0 bridgehead atoms. The Kier molecular flexibility index (Phi) is 3.78. The predicted octanol–water partition coefficient (Wildman–Crippen LogP) is 0.932. The van der Waals surface area contributed by atoms with Gasteiger partial charge in [0.05, 0.1) is 23.6 Å². The molecule has 20 heavy (non-hydrogen) atoms. The van der Waals surface area contributed by atoms with Crippen molar-refractivity contribution < 1.29 is 4.79 Å². The molecule has 2 aromatic heterocycles. The lowest BCUT2D eigenvalue weighted by atomic mass is 10.1. The van der Waals surface area contributed by atoms with Crippen molar-refractivity contribution in [3.8, 4) is 0 Å². The second kappa shape index (κ2) is 5.36. The molecule has 1 amide bonds. The molecular weight excluding hydrogens is 256 g/mol. The number of carbonyl (C=O) groups is 1. The van der Waals surface area contributed by atoms with Crippen molar-refractivity contribution in [1.29, 1.82) is 0 Å². The summed E-state index contributed by atoms with van der Waals surface area (Å²) < 4.78 is 3.43. The van der Waals surface area contributed by atoms with Crippen LogP contribution in [-0.2, 0) is 23.4 Å². The zero-order valence-electron chi connectivity index (χ0n) is 12.0. The van der Waals surface area contributed by atoms with Crippen LogP contribution in [0.2, 0.25) is 0 Å². The summed E-state index contributed by atoms with van der Waals surface area (Å²) in [6.07, 6.45) is 7.27. The first-order valence-electron chi connectivity index (χ1n) is 6.43. The Balaban J connectivity index is 1.93. The van der Waals surface area contributed by atoms with E-state index in [1.165, 1.54) is 4.68 Å². The van der Waals surface area contributed by atoms with Gasteiger partial charge in [-0.2, -0.15) is 10.2 Å². The minimum atomic E-state index is -0.411. The molecule has 0 atom stereocenters. The summed E-state index contributed by atoms with van der Waals surface area (Å²) in [6, 6.07) is 0. The summed E-state index contributed by atoms with van der Waals surface area (Å²) in [5.74, 6) is -0.411. The summed E-state index contributed by atoms with van der Waals surface area (Å²) in [5, 5.41) is 11.6. The Hall–Kier alpha value is -2.31. The van der Waals surface area contributed by atoms with Gasteiger partial charge in [-0.25, -0.2) is 0 Å². The van der Waals surface area contributed by atoms with Gasteiger partial charge < -0.3 is 11.1 Å². The molecule has 7 nitrogen and oxygen atoms in total. The van der Waals surface area contributed by atoms with Gasteiger partial charge in [-0.3, -0.25) is 14.2 Å². The average Bonchev–Trinajstić information content (AvgIpc) is 2.93. The number of nitrogens with two attached hydrogens (primary N) is 1. The van der Waals surface area contributed by atoms with Crippen LogP contribution in [0.5, 0.6) is 0 Å². The Morgan fingerprint density at radius 3 is 2.65 bits per heavy atom. The highest BCUT2D eigenvalue weighted by Gasteiger charge is 2.13. The molecule has 0 aliphatic carbocycles. The van der Waals surface area contributed by atoms with Crippen LogP contribution >= 0.6 is 0 Å². The second-order valence-corrected chi connectivity index (χ2v) is 5.71. The van der Waals surface area contributed by atoms with Gasteiger partial charge in [0.1, 0.15) is 6.54 Å². The van der Waals surface area contributed by atoms with Gasteiger partial charge in [0.15, 0.2) is 0 Å². The molecule has 0 aromatic carbocycles. The quantitative estimate of drug-likeness (QED) is 0.850. The number of rotatable bonds is 5. The summed E-state index contributed by atoms with van der Waals surface area (Å²) in [5.41, 5.74) is 7.02. The van der Waals surface area contributed by atoms with E-state index in [1.807, 2.05) is 17.1 Å². The fraction of sp³-hybridized carbons (Fsp3) is 0.462. The van der Waals surface area contributed by atoms with E-state index in [0.717, 1.165) is 11.3 Å². The maximum absolute atomic E-state index is 10.8. The van der Waals surface area contributed by atoms with Crippen LogP contribution in [0.3, 0.4) is 0 Å². The number of nitrogens with zero attached hydrogens (tertiary/aromatic N) is 4. The molecule has 2 heterocycles. The van der Waals surface area contributed by atoms with Gasteiger partial charge in [-0.1, -0.05) is 0 Å². The first-order chi connectivity index (χ1) is 9.34. The van der Waals surface area contributed by atoms with Crippen LogP contribution < -0.4 is 11.1 Å². The van der Waals surface area contributed by atoms with Gasteiger partial charge in [0, 0.05) is 24.5 Å². The number of nitrogens with one attached hydrogen (secondary N) is 1. The number of hydrogen-bond donors (Lipinski definition) is 2. The predicted molar refractivity (Wildman–Crippen MR) is 76.0 cm³/mol. The van der Waals surface area contributed by atoms with Crippen LogP contribution in [0, 0.1) is 0 Å². The molecular formula is C13H20N6O. The van der Waals surface area contributed by atoms with Crippen molar-refractivity contribution in [2.24, 2.45) is 5.73 Å². The van der Waals surface area contributed by atoms with Crippen molar-refractivity contribution in [1.82, 2.24) is 19.6 Å². The highest BCUT2D eigenvalue weighted by Crippen LogP contribution is 2.14. The highest BCUT2D eigenvalue weighted by atomic mass is 16.1. The number of hydrogen-bond acceptors (Lipinski definition) is 4. The Labute approximate surface area is 117 Å². The molecule has 0 fully saturated rings. The van der Waals surface area contributed by atoms with Crippen LogP contribution in [0.25, 0.3) is 0 Å². The Bertz CT molecular complexity index is 592. The lowest BCUT2D eigenvalue weighted by Crippen LogP contribution is -2.21. The number of amides is 1. The highest BCUT2D eigenvalue weighted by molar-refractivity contribution is 5.73. The Morgan fingerprint density at radius 2 is 2.05 bits per heavy atom. The van der Waals surface area contributed by atoms with Gasteiger partial charge >= 0.3 is 0 Å². The van der Waals surface area contributed by atoms with E-state index in [2.05, 4.69) is 36.3 Å². The van der Waals surface area contributed by atoms with Crippen LogP contribution in [0.1, 0.15) is 26.3 Å². The monoisotopic (exact) mass is 276 g/mol. The van der Waals surface area contributed by atoms with Crippen molar-refractivity contribution in [2.75, 3.05) is 5.32 Å². The lowest BCUT2D eigenvalue weighted by molar-refractivity contribution is -0.118. The van der Waals surface area contributed by atoms with Gasteiger partial charge in [-0.15, -0.1) is 0 Å². The number of anilines is 1. The summed E-state index contributed by atoms with van der Waals surface area (Å²) in [6.45, 7) is 7.04. The standard InChI is InChI=1S/C13H20N6O/c1-13(2,3)19-7-10(5-17-19)4-15-11-6-16-18(8-11)9-12(14)20/h5-8,15H,4,9H2,1-3H3,(H2,14,20). The fourth-order valence-electron chi connectivity index (χ4n) is 1.72. The summed E-state index contributed by atoms with van der Waals surface area (Å²) >= 11 is 0. The largest absolute Gasteiger partial charge is 0.378 e. The van der Waals surface area contributed by atoms with E-state index in [1.54, 1.807) is 12.4 Å². The zero-order valence-corrected chi connectivity index (χ0v) is 12.0. The molecule has 108 valence electrons. The number of primary amides is 1. The van der Waals surface area contributed by atoms with Gasteiger partial charge in [-0.05, 0) is 20.8 Å². The Morgan fingerprint density at radius 1 is 1.30 bits per heavy atom. The maximum Gasteiger partial charge on any atom is 0.239 e. The van der Waals surface area contributed by atoms with Crippen LogP contribution in [-0.4, -0.2) is 25.5 Å². The zero-order chi connectivity index (χ0) is 14.8. The molecule has 0 saturated carbocycles. The molecule has 0 radical (unpaired) electrons. The van der Waals surface area contributed by atoms with E-state index in [-0.39, 0.29) is 12.1 Å². The lowest BCUT2D eigenvalue weighted by Gasteiger charge is -2.18. The molecule has 0 spiro atoms. The molecule has 2 aromatic rings. The molecule has 0 aliphatic heterocycles. The van der Waals surface area contributed by atoms with Crippen molar-refractivity contribution in [3.63, 3.8) is 0 Å². The topological polar surface area (TPSA) is 90.8 Å². The maximum atomic E-state index is 10.8. The third-order valence-electron chi connectivity index (χ3n) is 2.77. The van der Waals surface area contributed by atoms with E-state index < -0.39 is 5.91 Å². The normalized spacial score (nSPS) is 11.6. The minimum absolute atomic E-state index is 0.0232.